The Hall–Kier alpha value is -5.47. The second-order valence-corrected chi connectivity index (χ2v) is 8.13. The molecule has 0 unspecified atom stereocenters. The summed E-state index contributed by atoms with van der Waals surface area (Å²) in [6, 6.07) is 18.6. The summed E-state index contributed by atoms with van der Waals surface area (Å²) in [6.45, 7) is 10.6. The zero-order valence-electron chi connectivity index (χ0n) is 20.0. The molecular formula is C29H20N4O4. The maximum absolute atomic E-state index is 13.3. The molecule has 0 spiro atoms. The summed E-state index contributed by atoms with van der Waals surface area (Å²) in [5, 5.41) is 20.2. The fourth-order valence-electron chi connectivity index (χ4n) is 4.08. The van der Waals surface area contributed by atoms with Crippen LogP contribution in [0.4, 0.5) is 11.4 Å². The number of para-hydroxylation sites is 2. The van der Waals surface area contributed by atoms with E-state index in [-0.39, 0.29) is 33.5 Å². The number of carbonyl (C=O) groups excluding carboxylic acids is 2. The summed E-state index contributed by atoms with van der Waals surface area (Å²) in [6.07, 6.45) is 4.32. The van der Waals surface area contributed by atoms with E-state index in [1.807, 2.05) is 6.07 Å². The van der Waals surface area contributed by atoms with Gasteiger partial charge in [0.15, 0.2) is 0 Å². The number of pyridine rings is 1. The quantitative estimate of drug-likeness (QED) is 0.324. The highest BCUT2D eigenvalue weighted by atomic mass is 16.3. The van der Waals surface area contributed by atoms with Gasteiger partial charge in [0.05, 0.1) is 17.9 Å². The number of aromatic hydroxyl groups is 1. The molecule has 0 radical (unpaired) electrons. The van der Waals surface area contributed by atoms with Gasteiger partial charge in [-0.15, -0.1) is 0 Å². The highest BCUT2D eigenvalue weighted by Crippen LogP contribution is 2.33. The molecule has 180 valence electrons. The molecule has 3 aromatic rings. The number of anilines is 1. The first-order valence-corrected chi connectivity index (χ1v) is 11.2. The molecule has 2 aromatic carbocycles. The van der Waals surface area contributed by atoms with Gasteiger partial charge in [-0.1, -0.05) is 48.6 Å². The lowest BCUT2D eigenvalue weighted by Gasteiger charge is -2.27. The number of hydrogen-bond donors (Lipinski definition) is 1. The minimum Gasteiger partial charge on any atom is -0.502 e. The van der Waals surface area contributed by atoms with Crippen molar-refractivity contribution in [1.82, 2.24) is 4.57 Å². The fraction of sp³-hybridized carbons (Fsp3) is 0.0690. The molecule has 2 amide bonds. The van der Waals surface area contributed by atoms with Crippen LogP contribution >= 0.6 is 0 Å². The van der Waals surface area contributed by atoms with Gasteiger partial charge < -0.3 is 5.11 Å². The number of hydrogen-bond acceptors (Lipinski definition) is 5. The summed E-state index contributed by atoms with van der Waals surface area (Å²) in [7, 11) is 0. The van der Waals surface area contributed by atoms with Crippen molar-refractivity contribution in [2.75, 3.05) is 4.90 Å². The maximum Gasteiger partial charge on any atom is 0.276 e. The Labute approximate surface area is 212 Å². The minimum absolute atomic E-state index is 0.0757. The normalized spacial score (nSPS) is 14.8. The van der Waals surface area contributed by atoms with E-state index in [9.17, 15) is 24.8 Å². The van der Waals surface area contributed by atoms with Crippen molar-refractivity contribution >= 4 is 29.3 Å². The molecule has 0 fully saturated rings. The second kappa shape index (κ2) is 10.0. The van der Waals surface area contributed by atoms with Gasteiger partial charge in [-0.2, -0.15) is 5.26 Å². The van der Waals surface area contributed by atoms with Crippen molar-refractivity contribution < 1.29 is 14.7 Å². The van der Waals surface area contributed by atoms with Crippen molar-refractivity contribution in [3.05, 3.63) is 122 Å². The molecular weight excluding hydrogens is 468 g/mol. The molecule has 37 heavy (non-hydrogen) atoms. The number of aromatic nitrogens is 1. The number of nitrogens with zero attached hydrogens (tertiary/aromatic N) is 4. The summed E-state index contributed by atoms with van der Waals surface area (Å²) < 4.78 is 1.05. The van der Waals surface area contributed by atoms with Crippen molar-refractivity contribution in [3.63, 3.8) is 0 Å². The van der Waals surface area contributed by atoms with Gasteiger partial charge in [-0.25, -0.2) is 9.74 Å². The van der Waals surface area contributed by atoms with Crippen LogP contribution in [0.3, 0.4) is 0 Å². The van der Waals surface area contributed by atoms with E-state index in [0.29, 0.717) is 11.4 Å². The molecule has 0 bridgehead atoms. The summed E-state index contributed by atoms with van der Waals surface area (Å²) in [4.78, 5) is 43.8. The van der Waals surface area contributed by atoms with Gasteiger partial charge in [0.2, 0.25) is 11.6 Å². The zero-order chi connectivity index (χ0) is 26.7. The van der Waals surface area contributed by atoms with E-state index < -0.39 is 23.3 Å². The molecule has 1 aliphatic rings. The standard InChI is InChI=1S/C29H20N4O4/c1-18-22(26(34)32(28(36)24(18)17-30)20-11-6-4-7-12-20)15-10-16-23-19(2)25(31-3)29(37)33(27(23)35)21-13-8-5-9-14-21/h4-16,37H,1-2H3/b16-10?,22-15-. The highest BCUT2D eigenvalue weighted by Gasteiger charge is 2.36. The molecule has 4 rings (SSSR count). The average Bonchev–Trinajstić information content (AvgIpc) is 2.89. The first kappa shape index (κ1) is 24.6. The summed E-state index contributed by atoms with van der Waals surface area (Å²) >= 11 is 0. The number of nitriles is 1. The topological polar surface area (TPSA) is 108 Å². The molecule has 8 nitrogen and oxygen atoms in total. The zero-order valence-corrected chi connectivity index (χ0v) is 20.0. The first-order valence-electron chi connectivity index (χ1n) is 11.2. The maximum atomic E-state index is 13.3. The van der Waals surface area contributed by atoms with Crippen molar-refractivity contribution in [3.8, 4) is 17.6 Å². The molecule has 0 saturated carbocycles. The van der Waals surface area contributed by atoms with Gasteiger partial charge in [0, 0.05) is 11.1 Å². The Kier molecular flexibility index (Phi) is 6.68. The van der Waals surface area contributed by atoms with Crippen molar-refractivity contribution in [2.24, 2.45) is 0 Å². The SMILES string of the molecule is [C-]#[N+]c1c(C)c(C=C/C=C2\C(=O)N(c3ccccc3)C(=O)C(C#N)=C2C)c(=O)n(-c2ccccc2)c1O. The number of rotatable bonds is 4. The Bertz CT molecular complexity index is 1670. The number of imide groups is 1. The molecule has 0 aliphatic carbocycles. The first-order chi connectivity index (χ1) is 17.8. The van der Waals surface area contributed by atoms with Crippen LogP contribution in [0.25, 0.3) is 16.6 Å². The molecule has 0 saturated heterocycles. The van der Waals surface area contributed by atoms with E-state index >= 15 is 0 Å². The van der Waals surface area contributed by atoms with E-state index in [0.717, 1.165) is 9.47 Å². The van der Waals surface area contributed by atoms with Gasteiger partial charge in [0.25, 0.3) is 17.4 Å². The van der Waals surface area contributed by atoms with Gasteiger partial charge in [-0.3, -0.25) is 19.0 Å². The van der Waals surface area contributed by atoms with Gasteiger partial charge >= 0.3 is 0 Å². The fourth-order valence-corrected chi connectivity index (χ4v) is 4.08. The molecule has 8 heteroatoms. The lowest BCUT2D eigenvalue weighted by Crippen LogP contribution is -2.42. The monoisotopic (exact) mass is 488 g/mol. The summed E-state index contributed by atoms with van der Waals surface area (Å²) in [5.74, 6) is -1.78. The van der Waals surface area contributed by atoms with Crippen LogP contribution in [0.5, 0.6) is 5.88 Å². The number of amides is 2. The van der Waals surface area contributed by atoms with Crippen LogP contribution in [0, 0.1) is 24.8 Å². The molecule has 0 atom stereocenters. The molecule has 2 heterocycles. The Morgan fingerprint density at radius 3 is 2.11 bits per heavy atom. The third-order valence-corrected chi connectivity index (χ3v) is 6.02. The van der Waals surface area contributed by atoms with Crippen LogP contribution < -0.4 is 10.5 Å². The van der Waals surface area contributed by atoms with Crippen LogP contribution in [0.15, 0.2) is 94.3 Å². The van der Waals surface area contributed by atoms with Crippen molar-refractivity contribution in [1.29, 1.82) is 5.26 Å². The average molecular weight is 489 g/mol. The lowest BCUT2D eigenvalue weighted by atomic mass is 9.94. The van der Waals surface area contributed by atoms with Crippen molar-refractivity contribution in [2.45, 2.75) is 13.8 Å². The third-order valence-electron chi connectivity index (χ3n) is 6.02. The molecule has 1 N–H and O–H groups in total. The van der Waals surface area contributed by atoms with E-state index in [4.69, 9.17) is 6.57 Å². The Morgan fingerprint density at radius 2 is 1.54 bits per heavy atom. The van der Waals surface area contributed by atoms with Gasteiger partial charge in [0.1, 0.15) is 11.6 Å². The predicted octanol–water partition coefficient (Wildman–Crippen LogP) is 4.76. The van der Waals surface area contributed by atoms with Crippen LogP contribution in [-0.4, -0.2) is 21.5 Å². The number of benzene rings is 2. The second-order valence-electron chi connectivity index (χ2n) is 8.13. The van der Waals surface area contributed by atoms with Gasteiger partial charge in [-0.05, 0) is 55.3 Å². The van der Waals surface area contributed by atoms with Crippen LogP contribution in [-0.2, 0) is 9.59 Å². The smallest absolute Gasteiger partial charge is 0.276 e. The minimum atomic E-state index is -0.709. The van der Waals surface area contributed by atoms with E-state index in [1.165, 1.54) is 25.2 Å². The highest BCUT2D eigenvalue weighted by molar-refractivity contribution is 6.31. The van der Waals surface area contributed by atoms with E-state index in [2.05, 4.69) is 4.85 Å². The number of allylic oxidation sites excluding steroid dienone is 2. The largest absolute Gasteiger partial charge is 0.502 e. The Balaban J connectivity index is 1.85. The van der Waals surface area contributed by atoms with E-state index in [1.54, 1.807) is 67.6 Å². The Morgan fingerprint density at radius 1 is 0.946 bits per heavy atom. The summed E-state index contributed by atoms with van der Waals surface area (Å²) in [5.41, 5.74) is 0.686. The third kappa shape index (κ3) is 4.24. The molecule has 1 aliphatic heterocycles. The van der Waals surface area contributed by atoms with Crippen LogP contribution in [0.1, 0.15) is 18.1 Å². The lowest BCUT2D eigenvalue weighted by molar-refractivity contribution is -0.122. The molecule has 1 aromatic heterocycles. The predicted molar refractivity (Wildman–Crippen MR) is 139 cm³/mol. The number of carbonyl (C=O) groups is 2. The van der Waals surface area contributed by atoms with Crippen LogP contribution in [0.2, 0.25) is 0 Å².